The van der Waals surface area contributed by atoms with Gasteiger partial charge in [0.2, 0.25) is 0 Å². The van der Waals surface area contributed by atoms with Crippen molar-refractivity contribution >= 4 is 0 Å². The van der Waals surface area contributed by atoms with Crippen molar-refractivity contribution in [3.8, 4) is 0 Å². The van der Waals surface area contributed by atoms with Crippen LogP contribution in [0.5, 0.6) is 0 Å². The third kappa shape index (κ3) is 1.94. The smallest absolute Gasteiger partial charge is 0.123 e. The number of halogens is 1. The van der Waals surface area contributed by atoms with E-state index < -0.39 is 0 Å². The van der Waals surface area contributed by atoms with E-state index in [2.05, 4.69) is 5.32 Å². The van der Waals surface area contributed by atoms with Crippen LogP contribution in [0.1, 0.15) is 18.0 Å². The van der Waals surface area contributed by atoms with Gasteiger partial charge in [-0.1, -0.05) is 12.1 Å². The van der Waals surface area contributed by atoms with Crippen LogP contribution < -0.4 is 5.32 Å². The Morgan fingerprint density at radius 1 is 1.50 bits per heavy atom. The van der Waals surface area contributed by atoms with Gasteiger partial charge in [-0.25, -0.2) is 4.39 Å². The lowest BCUT2D eigenvalue weighted by atomic mass is 10.0. The van der Waals surface area contributed by atoms with E-state index in [-0.39, 0.29) is 18.5 Å². The van der Waals surface area contributed by atoms with Crippen molar-refractivity contribution in [2.75, 3.05) is 13.2 Å². The van der Waals surface area contributed by atoms with Crippen molar-refractivity contribution in [2.45, 2.75) is 12.5 Å². The first kappa shape index (κ1) is 9.62. The van der Waals surface area contributed by atoms with Gasteiger partial charge in [-0.05, 0) is 30.0 Å². The van der Waals surface area contributed by atoms with Crippen LogP contribution >= 0.6 is 0 Å². The minimum atomic E-state index is -0.197. The van der Waals surface area contributed by atoms with Crippen LogP contribution in [-0.4, -0.2) is 18.3 Å². The van der Waals surface area contributed by atoms with Crippen LogP contribution in [0, 0.1) is 11.7 Å². The Hall–Kier alpha value is -0.930. The molecule has 2 unspecified atom stereocenters. The molecule has 1 aromatic carbocycles. The fourth-order valence-electron chi connectivity index (χ4n) is 1.93. The molecule has 1 aromatic rings. The van der Waals surface area contributed by atoms with Gasteiger partial charge >= 0.3 is 0 Å². The van der Waals surface area contributed by atoms with Gasteiger partial charge in [0.15, 0.2) is 0 Å². The Kier molecular flexibility index (Phi) is 2.79. The van der Waals surface area contributed by atoms with E-state index in [4.69, 9.17) is 5.11 Å². The Morgan fingerprint density at radius 2 is 2.36 bits per heavy atom. The van der Waals surface area contributed by atoms with Gasteiger partial charge in [-0.3, -0.25) is 0 Å². The number of benzene rings is 1. The summed E-state index contributed by atoms with van der Waals surface area (Å²) in [5.74, 6) is 0.111. The molecule has 1 heterocycles. The minimum Gasteiger partial charge on any atom is -0.396 e. The normalized spacial score (nSPS) is 26.7. The molecule has 0 saturated carbocycles. The molecule has 1 fully saturated rings. The number of nitrogens with one attached hydrogen (secondary N) is 1. The van der Waals surface area contributed by atoms with Crippen molar-refractivity contribution in [3.05, 3.63) is 35.6 Å². The van der Waals surface area contributed by atoms with E-state index in [1.165, 1.54) is 6.07 Å². The summed E-state index contributed by atoms with van der Waals surface area (Å²) in [6.45, 7) is 1.02. The van der Waals surface area contributed by atoms with Crippen LogP contribution in [0.3, 0.4) is 0 Å². The van der Waals surface area contributed by atoms with Gasteiger partial charge in [0, 0.05) is 19.2 Å². The van der Waals surface area contributed by atoms with E-state index >= 15 is 0 Å². The molecule has 1 aliphatic heterocycles. The Labute approximate surface area is 82.8 Å². The molecule has 2 N–H and O–H groups in total. The summed E-state index contributed by atoms with van der Waals surface area (Å²) >= 11 is 0. The molecule has 2 nitrogen and oxygen atoms in total. The molecule has 1 aliphatic rings. The summed E-state index contributed by atoms with van der Waals surface area (Å²) in [6.07, 6.45) is 0.889. The monoisotopic (exact) mass is 195 g/mol. The highest BCUT2D eigenvalue weighted by Gasteiger charge is 2.24. The van der Waals surface area contributed by atoms with Gasteiger partial charge < -0.3 is 10.4 Å². The molecule has 0 bridgehead atoms. The zero-order valence-electron chi connectivity index (χ0n) is 7.91. The van der Waals surface area contributed by atoms with E-state index in [9.17, 15) is 4.39 Å². The molecule has 0 spiro atoms. The highest BCUT2D eigenvalue weighted by Crippen LogP contribution is 2.26. The Balaban J connectivity index is 2.09. The molecule has 0 aliphatic carbocycles. The third-order valence-electron chi connectivity index (χ3n) is 2.73. The van der Waals surface area contributed by atoms with E-state index in [0.717, 1.165) is 18.5 Å². The van der Waals surface area contributed by atoms with Crippen LogP contribution in [-0.2, 0) is 0 Å². The maximum absolute atomic E-state index is 12.9. The van der Waals surface area contributed by atoms with Gasteiger partial charge in [0.1, 0.15) is 5.82 Å². The van der Waals surface area contributed by atoms with Crippen LogP contribution in [0.2, 0.25) is 0 Å². The first-order chi connectivity index (χ1) is 6.79. The minimum absolute atomic E-state index is 0.197. The standard InChI is InChI=1S/C11H14FNO/c12-10-3-1-2-9(5-10)11-4-8(7-14)6-13-11/h1-3,5,8,11,13-14H,4,6-7H2. The first-order valence-electron chi connectivity index (χ1n) is 4.89. The zero-order chi connectivity index (χ0) is 9.97. The second-order valence-electron chi connectivity index (χ2n) is 3.80. The molecular weight excluding hydrogens is 181 g/mol. The fraction of sp³-hybridized carbons (Fsp3) is 0.455. The van der Waals surface area contributed by atoms with Gasteiger partial charge in [0.05, 0.1) is 0 Å². The lowest BCUT2D eigenvalue weighted by Gasteiger charge is -2.10. The maximum atomic E-state index is 12.9. The summed E-state index contributed by atoms with van der Waals surface area (Å²) in [5.41, 5.74) is 0.973. The largest absolute Gasteiger partial charge is 0.396 e. The topological polar surface area (TPSA) is 32.3 Å². The molecule has 2 atom stereocenters. The third-order valence-corrected chi connectivity index (χ3v) is 2.73. The van der Waals surface area contributed by atoms with E-state index in [1.54, 1.807) is 12.1 Å². The van der Waals surface area contributed by atoms with Gasteiger partial charge in [0.25, 0.3) is 0 Å². The van der Waals surface area contributed by atoms with Gasteiger partial charge in [-0.15, -0.1) is 0 Å². The quantitative estimate of drug-likeness (QED) is 0.749. The maximum Gasteiger partial charge on any atom is 0.123 e. The van der Waals surface area contributed by atoms with E-state index in [1.807, 2.05) is 6.07 Å². The van der Waals surface area contributed by atoms with Crippen molar-refractivity contribution in [1.82, 2.24) is 5.32 Å². The summed E-state index contributed by atoms with van der Waals surface area (Å²) in [5, 5.41) is 12.2. The molecule has 14 heavy (non-hydrogen) atoms. The number of rotatable bonds is 2. The molecule has 1 saturated heterocycles. The van der Waals surface area contributed by atoms with Crippen LogP contribution in [0.4, 0.5) is 4.39 Å². The second-order valence-corrected chi connectivity index (χ2v) is 3.80. The Morgan fingerprint density at radius 3 is 3.00 bits per heavy atom. The molecular formula is C11H14FNO. The number of aliphatic hydroxyl groups is 1. The molecule has 3 heteroatoms. The molecule has 76 valence electrons. The summed E-state index contributed by atoms with van der Waals surface area (Å²) in [6, 6.07) is 6.83. The predicted molar refractivity (Wildman–Crippen MR) is 52.3 cm³/mol. The number of hydrogen-bond donors (Lipinski definition) is 2. The number of aliphatic hydroxyl groups excluding tert-OH is 1. The molecule has 0 aromatic heterocycles. The van der Waals surface area contributed by atoms with Crippen molar-refractivity contribution < 1.29 is 9.50 Å². The first-order valence-corrected chi connectivity index (χ1v) is 4.89. The second kappa shape index (κ2) is 4.07. The highest BCUT2D eigenvalue weighted by atomic mass is 19.1. The van der Waals surface area contributed by atoms with Crippen molar-refractivity contribution in [2.24, 2.45) is 5.92 Å². The average Bonchev–Trinajstić information content (AvgIpc) is 2.66. The number of hydrogen-bond acceptors (Lipinski definition) is 2. The van der Waals surface area contributed by atoms with Crippen LogP contribution in [0.15, 0.2) is 24.3 Å². The summed E-state index contributed by atoms with van der Waals surface area (Å²) < 4.78 is 12.9. The lowest BCUT2D eigenvalue weighted by Crippen LogP contribution is -2.14. The SMILES string of the molecule is OCC1CNC(c2cccc(F)c2)C1. The molecule has 0 amide bonds. The zero-order valence-corrected chi connectivity index (χ0v) is 7.91. The van der Waals surface area contributed by atoms with E-state index in [0.29, 0.717) is 5.92 Å². The van der Waals surface area contributed by atoms with Crippen LogP contribution in [0.25, 0.3) is 0 Å². The molecule has 0 radical (unpaired) electrons. The fourth-order valence-corrected chi connectivity index (χ4v) is 1.93. The van der Waals surface area contributed by atoms with Gasteiger partial charge in [-0.2, -0.15) is 0 Å². The summed E-state index contributed by atoms with van der Waals surface area (Å²) in [7, 11) is 0. The lowest BCUT2D eigenvalue weighted by molar-refractivity contribution is 0.236. The highest BCUT2D eigenvalue weighted by molar-refractivity contribution is 5.21. The average molecular weight is 195 g/mol. The predicted octanol–water partition coefficient (Wildman–Crippen LogP) is 1.47. The van der Waals surface area contributed by atoms with Crippen molar-refractivity contribution in [1.29, 1.82) is 0 Å². The Bertz CT molecular complexity index is 316. The summed E-state index contributed by atoms with van der Waals surface area (Å²) in [4.78, 5) is 0. The van der Waals surface area contributed by atoms with Crippen molar-refractivity contribution in [3.63, 3.8) is 0 Å². The molecule has 2 rings (SSSR count).